The van der Waals surface area contributed by atoms with Crippen LogP contribution in [0.5, 0.6) is 0 Å². The Labute approximate surface area is 121 Å². The highest BCUT2D eigenvalue weighted by Crippen LogP contribution is 2.27. The van der Waals surface area contributed by atoms with Gasteiger partial charge in [0.15, 0.2) is 0 Å². The Bertz CT molecular complexity index is 591. The first-order chi connectivity index (χ1) is 9.78. The standard InChI is InChI=1S/C18H22N2/c1-14-5-4-8-16(11-14)18(12-19)20-10-9-15-6-2-3-7-17(15)13-20/h2-8,11,18H,9-10,12-13,19H2,1H3. The maximum atomic E-state index is 6.06. The van der Waals surface area contributed by atoms with Crippen molar-refractivity contribution in [1.29, 1.82) is 0 Å². The fourth-order valence-electron chi connectivity index (χ4n) is 3.16. The van der Waals surface area contributed by atoms with E-state index in [4.69, 9.17) is 5.73 Å². The second kappa shape index (κ2) is 5.78. The van der Waals surface area contributed by atoms with Crippen LogP contribution in [0, 0.1) is 6.92 Å². The van der Waals surface area contributed by atoms with Crippen molar-refractivity contribution < 1.29 is 0 Å². The third kappa shape index (κ3) is 2.62. The number of rotatable bonds is 3. The average molecular weight is 266 g/mol. The van der Waals surface area contributed by atoms with Crippen molar-refractivity contribution in [2.45, 2.75) is 25.9 Å². The van der Waals surface area contributed by atoms with Gasteiger partial charge >= 0.3 is 0 Å². The van der Waals surface area contributed by atoms with Crippen molar-refractivity contribution >= 4 is 0 Å². The molecular weight excluding hydrogens is 244 g/mol. The summed E-state index contributed by atoms with van der Waals surface area (Å²) in [7, 11) is 0. The van der Waals surface area contributed by atoms with Gasteiger partial charge in [-0.1, -0.05) is 54.1 Å². The van der Waals surface area contributed by atoms with Gasteiger partial charge in [0.2, 0.25) is 0 Å². The molecule has 1 aliphatic rings. The molecule has 1 aliphatic heterocycles. The van der Waals surface area contributed by atoms with Gasteiger partial charge in [-0.3, -0.25) is 4.90 Å². The van der Waals surface area contributed by atoms with E-state index in [2.05, 4.69) is 60.4 Å². The largest absolute Gasteiger partial charge is 0.329 e. The van der Waals surface area contributed by atoms with Crippen LogP contribution in [0.1, 0.15) is 28.3 Å². The van der Waals surface area contributed by atoms with Gasteiger partial charge in [0.25, 0.3) is 0 Å². The molecule has 0 bridgehead atoms. The molecule has 2 N–H and O–H groups in total. The predicted molar refractivity (Wildman–Crippen MR) is 83.5 cm³/mol. The first-order valence-electron chi connectivity index (χ1n) is 7.35. The molecule has 2 aromatic carbocycles. The molecule has 1 atom stereocenters. The normalized spacial score (nSPS) is 16.7. The van der Waals surface area contributed by atoms with Crippen LogP contribution in [-0.4, -0.2) is 18.0 Å². The summed E-state index contributed by atoms with van der Waals surface area (Å²) in [6.45, 7) is 4.91. The predicted octanol–water partition coefficient (Wildman–Crippen LogP) is 3.05. The van der Waals surface area contributed by atoms with Crippen molar-refractivity contribution in [3.05, 3.63) is 70.8 Å². The Morgan fingerprint density at radius 1 is 1.10 bits per heavy atom. The molecule has 2 nitrogen and oxygen atoms in total. The van der Waals surface area contributed by atoms with Crippen LogP contribution < -0.4 is 5.73 Å². The Morgan fingerprint density at radius 2 is 1.90 bits per heavy atom. The van der Waals surface area contributed by atoms with E-state index in [-0.39, 0.29) is 0 Å². The van der Waals surface area contributed by atoms with E-state index < -0.39 is 0 Å². The highest BCUT2D eigenvalue weighted by molar-refractivity contribution is 5.31. The molecule has 0 fully saturated rings. The zero-order valence-electron chi connectivity index (χ0n) is 12.0. The summed E-state index contributed by atoms with van der Waals surface area (Å²) in [4.78, 5) is 2.51. The van der Waals surface area contributed by atoms with Gasteiger partial charge in [0, 0.05) is 25.7 Å². The summed E-state index contributed by atoms with van der Waals surface area (Å²) < 4.78 is 0. The second-order valence-electron chi connectivity index (χ2n) is 5.65. The lowest BCUT2D eigenvalue weighted by Crippen LogP contribution is -2.37. The Hall–Kier alpha value is -1.64. The monoisotopic (exact) mass is 266 g/mol. The molecule has 0 radical (unpaired) electrons. The smallest absolute Gasteiger partial charge is 0.0474 e. The number of nitrogens with two attached hydrogens (primary N) is 1. The molecule has 20 heavy (non-hydrogen) atoms. The van der Waals surface area contributed by atoms with Gasteiger partial charge in [0.1, 0.15) is 0 Å². The van der Waals surface area contributed by atoms with Crippen molar-refractivity contribution in [2.24, 2.45) is 5.73 Å². The van der Waals surface area contributed by atoms with Crippen LogP contribution >= 0.6 is 0 Å². The SMILES string of the molecule is Cc1cccc(C(CN)N2CCc3ccccc3C2)c1. The molecule has 1 heterocycles. The zero-order valence-corrected chi connectivity index (χ0v) is 12.0. The Kier molecular flexibility index (Phi) is 3.86. The van der Waals surface area contributed by atoms with Gasteiger partial charge < -0.3 is 5.73 Å². The molecule has 0 aromatic heterocycles. The van der Waals surface area contributed by atoms with E-state index in [1.807, 2.05) is 0 Å². The quantitative estimate of drug-likeness (QED) is 0.925. The van der Waals surface area contributed by atoms with Crippen LogP contribution in [0.4, 0.5) is 0 Å². The topological polar surface area (TPSA) is 29.3 Å². The van der Waals surface area contributed by atoms with Gasteiger partial charge in [-0.25, -0.2) is 0 Å². The first-order valence-corrected chi connectivity index (χ1v) is 7.35. The summed E-state index contributed by atoms with van der Waals surface area (Å²) in [5.41, 5.74) is 11.6. The minimum Gasteiger partial charge on any atom is -0.329 e. The Morgan fingerprint density at radius 3 is 2.65 bits per heavy atom. The van der Waals surface area contributed by atoms with Crippen molar-refractivity contribution in [3.63, 3.8) is 0 Å². The number of aryl methyl sites for hydroxylation is 1. The fourth-order valence-corrected chi connectivity index (χ4v) is 3.16. The van der Waals surface area contributed by atoms with E-state index in [9.17, 15) is 0 Å². The van der Waals surface area contributed by atoms with Crippen LogP contribution in [0.25, 0.3) is 0 Å². The molecule has 2 aromatic rings. The summed E-state index contributed by atoms with van der Waals surface area (Å²) in [5.74, 6) is 0. The van der Waals surface area contributed by atoms with Crippen LogP contribution in [0.3, 0.4) is 0 Å². The summed E-state index contributed by atoms with van der Waals surface area (Å²) in [6.07, 6.45) is 1.12. The van der Waals surface area contributed by atoms with Gasteiger partial charge in [0.05, 0.1) is 0 Å². The van der Waals surface area contributed by atoms with Crippen molar-refractivity contribution in [2.75, 3.05) is 13.1 Å². The van der Waals surface area contributed by atoms with Gasteiger partial charge in [-0.2, -0.15) is 0 Å². The minimum absolute atomic E-state index is 0.322. The highest BCUT2D eigenvalue weighted by Gasteiger charge is 2.23. The molecule has 3 rings (SSSR count). The maximum absolute atomic E-state index is 6.06. The maximum Gasteiger partial charge on any atom is 0.0474 e. The first kappa shape index (κ1) is 13.3. The minimum atomic E-state index is 0.322. The highest BCUT2D eigenvalue weighted by atomic mass is 15.2. The zero-order chi connectivity index (χ0) is 13.9. The number of hydrogen-bond acceptors (Lipinski definition) is 2. The molecule has 0 amide bonds. The van der Waals surface area contributed by atoms with E-state index in [0.29, 0.717) is 12.6 Å². The number of hydrogen-bond donors (Lipinski definition) is 1. The van der Waals surface area contributed by atoms with Gasteiger partial charge in [-0.15, -0.1) is 0 Å². The van der Waals surface area contributed by atoms with E-state index >= 15 is 0 Å². The van der Waals surface area contributed by atoms with Crippen LogP contribution in [0.2, 0.25) is 0 Å². The molecule has 0 saturated heterocycles. The summed E-state index contributed by atoms with van der Waals surface area (Å²) >= 11 is 0. The number of nitrogens with zero attached hydrogens (tertiary/aromatic N) is 1. The lowest BCUT2D eigenvalue weighted by atomic mass is 9.96. The number of benzene rings is 2. The molecule has 0 spiro atoms. The van der Waals surface area contributed by atoms with E-state index in [1.54, 1.807) is 0 Å². The molecule has 0 aliphatic carbocycles. The van der Waals surface area contributed by atoms with Crippen LogP contribution in [-0.2, 0) is 13.0 Å². The molecular formula is C18H22N2. The number of fused-ring (bicyclic) bond motifs is 1. The molecule has 0 saturated carbocycles. The third-order valence-corrected chi connectivity index (χ3v) is 4.25. The molecule has 104 valence electrons. The second-order valence-corrected chi connectivity index (χ2v) is 5.65. The molecule has 1 unspecified atom stereocenters. The van der Waals surface area contributed by atoms with E-state index in [1.165, 1.54) is 22.3 Å². The van der Waals surface area contributed by atoms with E-state index in [0.717, 1.165) is 19.5 Å². The molecule has 2 heteroatoms. The fraction of sp³-hybridized carbons (Fsp3) is 0.333. The van der Waals surface area contributed by atoms with Gasteiger partial charge in [-0.05, 0) is 30.0 Å². The van der Waals surface area contributed by atoms with Crippen LogP contribution in [0.15, 0.2) is 48.5 Å². The summed E-state index contributed by atoms with van der Waals surface area (Å²) in [5, 5.41) is 0. The lowest BCUT2D eigenvalue weighted by molar-refractivity contribution is 0.183. The Balaban J connectivity index is 1.85. The van der Waals surface area contributed by atoms with Crippen molar-refractivity contribution in [3.8, 4) is 0 Å². The third-order valence-electron chi connectivity index (χ3n) is 4.25. The lowest BCUT2D eigenvalue weighted by Gasteiger charge is -2.35. The summed E-state index contributed by atoms with van der Waals surface area (Å²) in [6, 6.07) is 17.8. The average Bonchev–Trinajstić information content (AvgIpc) is 2.48. The van der Waals surface area contributed by atoms with Crippen molar-refractivity contribution in [1.82, 2.24) is 4.90 Å².